The minimum absolute atomic E-state index is 0.120. The third-order valence-corrected chi connectivity index (χ3v) is 5.05. The Morgan fingerprint density at radius 1 is 1.35 bits per heavy atom. The molecule has 8 heteroatoms. The molecule has 1 aromatic carbocycles. The lowest BCUT2D eigenvalue weighted by Gasteiger charge is -2.29. The molecule has 1 unspecified atom stereocenters. The molecule has 1 heterocycles. The highest BCUT2D eigenvalue weighted by Crippen LogP contribution is 2.22. The number of carbonyl (C=O) groups excluding carboxylic acids is 3. The summed E-state index contributed by atoms with van der Waals surface area (Å²) in [6.45, 7) is 4.03. The van der Waals surface area contributed by atoms with Crippen LogP contribution in [0.5, 0.6) is 0 Å². The lowest BCUT2D eigenvalue weighted by Crippen LogP contribution is -2.54. The molecule has 0 aromatic heterocycles. The Bertz CT molecular complexity index is 710. The molecule has 2 atom stereocenters. The first-order valence-corrected chi connectivity index (χ1v) is 9.19. The first kappa shape index (κ1) is 20.4. The predicted molar refractivity (Wildman–Crippen MR) is 96.9 cm³/mol. The van der Waals surface area contributed by atoms with Crippen molar-refractivity contribution in [3.05, 3.63) is 34.1 Å². The van der Waals surface area contributed by atoms with E-state index in [9.17, 15) is 18.8 Å². The maximum Gasteiger partial charge on any atom is 0.328 e. The molecule has 1 aromatic rings. The van der Waals surface area contributed by atoms with E-state index in [-0.39, 0.29) is 21.9 Å². The normalized spacial score (nSPS) is 17.9. The lowest BCUT2D eigenvalue weighted by atomic mass is 10.0. The zero-order chi connectivity index (χ0) is 19.4. The molecule has 0 bridgehead atoms. The van der Waals surface area contributed by atoms with E-state index in [0.717, 1.165) is 6.07 Å². The van der Waals surface area contributed by atoms with E-state index in [4.69, 9.17) is 4.74 Å². The number of nitrogens with zero attached hydrogens (tertiary/aromatic N) is 1. The number of benzene rings is 1. The van der Waals surface area contributed by atoms with Gasteiger partial charge in [-0.3, -0.25) is 9.59 Å². The van der Waals surface area contributed by atoms with E-state index in [2.05, 4.69) is 21.2 Å². The van der Waals surface area contributed by atoms with Crippen LogP contribution in [0.2, 0.25) is 0 Å². The van der Waals surface area contributed by atoms with Crippen molar-refractivity contribution in [3.63, 3.8) is 0 Å². The number of ether oxygens (including phenoxy) is 1. The van der Waals surface area contributed by atoms with Crippen molar-refractivity contribution in [2.45, 2.75) is 38.8 Å². The van der Waals surface area contributed by atoms with Gasteiger partial charge in [0.05, 0.1) is 11.6 Å². The van der Waals surface area contributed by atoms with Gasteiger partial charge in [0, 0.05) is 12.1 Å². The fraction of sp³-hybridized carbons (Fsp3) is 0.500. The number of esters is 1. The molecular formula is C18H22BrFN2O4. The second kappa shape index (κ2) is 8.62. The van der Waals surface area contributed by atoms with Gasteiger partial charge in [-0.1, -0.05) is 13.8 Å². The molecule has 1 fully saturated rings. The summed E-state index contributed by atoms with van der Waals surface area (Å²) in [5, 5.41) is 2.67. The molecule has 0 saturated carbocycles. The first-order chi connectivity index (χ1) is 12.3. The summed E-state index contributed by atoms with van der Waals surface area (Å²) in [4.78, 5) is 38.7. The van der Waals surface area contributed by atoms with Gasteiger partial charge in [-0.15, -0.1) is 0 Å². The van der Waals surface area contributed by atoms with Crippen LogP contribution >= 0.6 is 15.9 Å². The number of hydrogen-bond acceptors (Lipinski definition) is 4. The molecule has 142 valence electrons. The van der Waals surface area contributed by atoms with E-state index in [1.165, 1.54) is 24.1 Å². The molecule has 0 radical (unpaired) electrons. The number of carbonyl (C=O) groups is 3. The third-order valence-electron chi connectivity index (χ3n) is 4.41. The number of nitrogens with one attached hydrogen (secondary N) is 1. The highest BCUT2D eigenvalue weighted by atomic mass is 79.9. The van der Waals surface area contributed by atoms with Crippen molar-refractivity contribution in [2.75, 3.05) is 13.7 Å². The highest BCUT2D eigenvalue weighted by molar-refractivity contribution is 9.10. The maximum absolute atomic E-state index is 13.7. The number of hydrogen-bond donors (Lipinski definition) is 1. The van der Waals surface area contributed by atoms with E-state index in [1.54, 1.807) is 13.8 Å². The van der Waals surface area contributed by atoms with Gasteiger partial charge >= 0.3 is 5.97 Å². The minimum atomic E-state index is -0.820. The monoisotopic (exact) mass is 428 g/mol. The zero-order valence-electron chi connectivity index (χ0n) is 14.9. The summed E-state index contributed by atoms with van der Waals surface area (Å²) in [6.07, 6.45) is 1.23. The Morgan fingerprint density at radius 3 is 2.62 bits per heavy atom. The molecular weight excluding hydrogens is 407 g/mol. The number of likely N-dealkylation sites (tertiary alicyclic amines) is 1. The van der Waals surface area contributed by atoms with Gasteiger partial charge in [0.25, 0.3) is 5.91 Å². The van der Waals surface area contributed by atoms with E-state index in [1.807, 2.05) is 0 Å². The first-order valence-electron chi connectivity index (χ1n) is 8.40. The number of methoxy groups -OCH3 is 1. The molecule has 0 spiro atoms. The van der Waals surface area contributed by atoms with Crippen LogP contribution in [0.1, 0.15) is 37.0 Å². The Kier molecular flexibility index (Phi) is 6.75. The summed E-state index contributed by atoms with van der Waals surface area (Å²) in [6, 6.07) is 2.56. The standard InChI is InChI=1S/C18H22BrFN2O4/c1-10(2)15(17(24)22-8-4-5-14(22)18(25)26-3)21-16(23)11-6-7-12(19)13(20)9-11/h6-7,9-10,14-15H,4-5,8H2,1-3H3,(H,21,23)/t14-,15?/m0/s1. The van der Waals surface area contributed by atoms with Gasteiger partial charge in [-0.05, 0) is 52.9 Å². The van der Waals surface area contributed by atoms with E-state index in [0.29, 0.717) is 19.4 Å². The number of amides is 2. The summed E-state index contributed by atoms with van der Waals surface area (Å²) in [7, 11) is 1.28. The van der Waals surface area contributed by atoms with Crippen LogP contribution in [0.3, 0.4) is 0 Å². The average molecular weight is 429 g/mol. The van der Waals surface area contributed by atoms with Crippen LogP contribution in [0.15, 0.2) is 22.7 Å². The molecule has 6 nitrogen and oxygen atoms in total. The van der Waals surface area contributed by atoms with Gasteiger partial charge in [-0.2, -0.15) is 0 Å². The van der Waals surface area contributed by atoms with Crippen molar-refractivity contribution >= 4 is 33.7 Å². The number of rotatable bonds is 5. The van der Waals surface area contributed by atoms with Crippen molar-refractivity contribution < 1.29 is 23.5 Å². The third kappa shape index (κ3) is 4.41. The molecule has 1 aliphatic rings. The number of halogens is 2. The van der Waals surface area contributed by atoms with Gasteiger partial charge in [0.15, 0.2) is 0 Å². The van der Waals surface area contributed by atoms with Gasteiger partial charge in [-0.25, -0.2) is 9.18 Å². The minimum Gasteiger partial charge on any atom is -0.467 e. The summed E-state index contributed by atoms with van der Waals surface area (Å²) < 4.78 is 18.7. The molecule has 1 saturated heterocycles. The molecule has 2 amide bonds. The van der Waals surface area contributed by atoms with Crippen molar-refractivity contribution in [2.24, 2.45) is 5.92 Å². The van der Waals surface area contributed by atoms with Crippen LogP contribution in [-0.4, -0.2) is 48.4 Å². The van der Waals surface area contributed by atoms with Crippen molar-refractivity contribution in [3.8, 4) is 0 Å². The molecule has 0 aliphatic carbocycles. The van der Waals surface area contributed by atoms with Crippen LogP contribution in [-0.2, 0) is 14.3 Å². The summed E-state index contributed by atoms with van der Waals surface area (Å²) in [5.74, 6) is -2.10. The summed E-state index contributed by atoms with van der Waals surface area (Å²) >= 11 is 3.04. The van der Waals surface area contributed by atoms with Crippen molar-refractivity contribution in [1.29, 1.82) is 0 Å². The van der Waals surface area contributed by atoms with Gasteiger partial charge < -0.3 is 15.0 Å². The smallest absolute Gasteiger partial charge is 0.328 e. The average Bonchev–Trinajstić information content (AvgIpc) is 3.10. The van der Waals surface area contributed by atoms with Crippen molar-refractivity contribution in [1.82, 2.24) is 10.2 Å². The highest BCUT2D eigenvalue weighted by Gasteiger charge is 2.39. The fourth-order valence-corrected chi connectivity index (χ4v) is 3.21. The largest absolute Gasteiger partial charge is 0.467 e. The Morgan fingerprint density at radius 2 is 2.04 bits per heavy atom. The molecule has 1 aliphatic heterocycles. The van der Waals surface area contributed by atoms with Crippen LogP contribution in [0.4, 0.5) is 4.39 Å². The Labute approximate surface area is 160 Å². The molecule has 2 rings (SSSR count). The Balaban J connectivity index is 2.17. The van der Waals surface area contributed by atoms with Gasteiger partial charge in [0.2, 0.25) is 5.91 Å². The quantitative estimate of drug-likeness (QED) is 0.730. The second-order valence-electron chi connectivity index (χ2n) is 6.54. The topological polar surface area (TPSA) is 75.7 Å². The second-order valence-corrected chi connectivity index (χ2v) is 7.39. The predicted octanol–water partition coefficient (Wildman–Crippen LogP) is 2.51. The summed E-state index contributed by atoms with van der Waals surface area (Å²) in [5.41, 5.74) is 0.120. The van der Waals surface area contributed by atoms with E-state index >= 15 is 0 Å². The Hall–Kier alpha value is -1.96. The fourth-order valence-electron chi connectivity index (χ4n) is 2.97. The van der Waals surface area contributed by atoms with Crippen LogP contribution < -0.4 is 5.32 Å². The van der Waals surface area contributed by atoms with Gasteiger partial charge in [0.1, 0.15) is 17.9 Å². The van der Waals surface area contributed by atoms with E-state index < -0.39 is 29.8 Å². The van der Waals surface area contributed by atoms with Crippen LogP contribution in [0, 0.1) is 11.7 Å². The molecule has 26 heavy (non-hydrogen) atoms. The zero-order valence-corrected chi connectivity index (χ0v) is 16.5. The maximum atomic E-state index is 13.7. The molecule has 1 N–H and O–H groups in total. The van der Waals surface area contributed by atoms with Crippen LogP contribution in [0.25, 0.3) is 0 Å². The lowest BCUT2D eigenvalue weighted by molar-refractivity contribution is -0.151. The SMILES string of the molecule is COC(=O)[C@@H]1CCCN1C(=O)C(NC(=O)c1ccc(Br)c(F)c1)C(C)C.